The molecule has 1 aliphatic carbocycles. The maximum Gasteiger partial charge on any atom is 0.201 e. The van der Waals surface area contributed by atoms with E-state index in [4.69, 9.17) is 24.0 Å². The molecule has 29 heavy (non-hydrogen) atoms. The van der Waals surface area contributed by atoms with Crippen LogP contribution in [-0.4, -0.2) is 30.4 Å². The van der Waals surface area contributed by atoms with Crippen molar-refractivity contribution in [1.82, 2.24) is 0 Å². The highest BCUT2D eigenvalue weighted by molar-refractivity contribution is 5.13. The van der Waals surface area contributed by atoms with Gasteiger partial charge in [-0.2, -0.15) is 0 Å². The molecule has 160 valence electrons. The number of hydrogen-bond acceptors (Lipinski definition) is 5. The van der Waals surface area contributed by atoms with E-state index >= 15 is 0 Å². The van der Waals surface area contributed by atoms with Gasteiger partial charge in [-0.25, -0.2) is 9.78 Å². The lowest BCUT2D eigenvalue weighted by Gasteiger charge is -2.60. The van der Waals surface area contributed by atoms with Gasteiger partial charge in [0.1, 0.15) is 0 Å². The molecule has 1 spiro atoms. The Morgan fingerprint density at radius 2 is 1.86 bits per heavy atom. The van der Waals surface area contributed by atoms with Crippen molar-refractivity contribution >= 4 is 0 Å². The third-order valence-corrected chi connectivity index (χ3v) is 7.95. The normalized spacial score (nSPS) is 46.2. The van der Waals surface area contributed by atoms with Crippen molar-refractivity contribution in [1.29, 1.82) is 0 Å². The molecule has 0 radical (unpaired) electrons. The summed E-state index contributed by atoms with van der Waals surface area (Å²) in [5, 5.41) is 0. The maximum atomic E-state index is 6.60. The van der Waals surface area contributed by atoms with Gasteiger partial charge in [0.25, 0.3) is 0 Å². The molecule has 5 heteroatoms. The molecule has 1 saturated carbocycles. The molecule has 5 nitrogen and oxygen atoms in total. The monoisotopic (exact) mass is 402 g/mol. The lowest BCUT2D eigenvalue weighted by atomic mass is 9.57. The predicted molar refractivity (Wildman–Crippen MR) is 108 cm³/mol. The number of rotatable bonds is 5. The van der Waals surface area contributed by atoms with Crippen molar-refractivity contribution in [3.05, 3.63) is 35.9 Å². The first-order valence-corrected chi connectivity index (χ1v) is 11.3. The summed E-state index contributed by atoms with van der Waals surface area (Å²) in [5.74, 6) is 1.10. The molecule has 0 N–H and O–H groups in total. The molecular formula is C24H34O5. The van der Waals surface area contributed by atoms with Gasteiger partial charge in [0.05, 0.1) is 12.7 Å². The van der Waals surface area contributed by atoms with Crippen molar-refractivity contribution in [2.45, 2.75) is 83.3 Å². The summed E-state index contributed by atoms with van der Waals surface area (Å²) in [6.07, 6.45) is 4.96. The minimum absolute atomic E-state index is 0.118. The summed E-state index contributed by atoms with van der Waals surface area (Å²) in [6.45, 7) is 7.97. The summed E-state index contributed by atoms with van der Waals surface area (Å²) in [7, 11) is 0. The lowest BCUT2D eigenvalue weighted by molar-refractivity contribution is -0.571. The third kappa shape index (κ3) is 3.35. The van der Waals surface area contributed by atoms with Gasteiger partial charge in [-0.15, -0.1) is 0 Å². The highest BCUT2D eigenvalue weighted by Crippen LogP contribution is 2.60. The Morgan fingerprint density at radius 1 is 1.03 bits per heavy atom. The van der Waals surface area contributed by atoms with Crippen LogP contribution in [0.4, 0.5) is 0 Å². The molecule has 1 aromatic rings. The van der Waals surface area contributed by atoms with E-state index in [1.54, 1.807) is 0 Å². The first-order chi connectivity index (χ1) is 14.0. The Hall–Kier alpha value is -0.980. The molecule has 1 unspecified atom stereocenters. The van der Waals surface area contributed by atoms with Gasteiger partial charge in [-0.1, -0.05) is 44.2 Å². The molecule has 0 aromatic heterocycles. The average Bonchev–Trinajstić information content (AvgIpc) is 2.95. The van der Waals surface area contributed by atoms with Crippen molar-refractivity contribution in [3.8, 4) is 0 Å². The molecule has 5 fully saturated rings. The standard InChI is InChI=1S/C24H34O5/c1-16-9-10-20-17(2)21(12-14-25-15-18-7-5-4-6-8-18)26-22-24(20)19(16)11-13-23(3,27-22)28-29-24/h4-8,16-17,19-22H,9-15H2,1-3H3/t16-,17-,19+,20+,21-,22-,23?,24-/m1/s1. The molecule has 2 bridgehead atoms. The van der Waals surface area contributed by atoms with Crippen molar-refractivity contribution < 1.29 is 24.0 Å². The lowest BCUT2D eigenvalue weighted by Crippen LogP contribution is -2.70. The zero-order valence-electron chi connectivity index (χ0n) is 17.8. The van der Waals surface area contributed by atoms with Crippen LogP contribution < -0.4 is 0 Å². The minimum Gasteiger partial charge on any atom is -0.377 e. The van der Waals surface area contributed by atoms with Crippen LogP contribution in [0.15, 0.2) is 30.3 Å². The Labute approximate surface area is 173 Å². The van der Waals surface area contributed by atoms with Gasteiger partial charge in [0.2, 0.25) is 5.79 Å². The van der Waals surface area contributed by atoms with Gasteiger partial charge < -0.3 is 14.2 Å². The molecule has 4 saturated heterocycles. The van der Waals surface area contributed by atoms with Crippen LogP contribution in [0.2, 0.25) is 0 Å². The van der Waals surface area contributed by atoms with E-state index < -0.39 is 11.4 Å². The van der Waals surface area contributed by atoms with E-state index in [0.717, 1.165) is 25.7 Å². The molecule has 1 aromatic carbocycles. The summed E-state index contributed by atoms with van der Waals surface area (Å²) in [5.41, 5.74) is 0.741. The Balaban J connectivity index is 1.29. The van der Waals surface area contributed by atoms with Crippen LogP contribution in [0.1, 0.15) is 58.4 Å². The minimum atomic E-state index is -0.702. The molecule has 8 atom stereocenters. The fraction of sp³-hybridized carbons (Fsp3) is 0.750. The molecule has 4 aliphatic heterocycles. The fourth-order valence-corrected chi connectivity index (χ4v) is 6.27. The first-order valence-electron chi connectivity index (χ1n) is 11.3. The van der Waals surface area contributed by atoms with Crippen molar-refractivity contribution in [2.75, 3.05) is 6.61 Å². The number of ether oxygens (including phenoxy) is 3. The second-order valence-corrected chi connectivity index (χ2v) is 9.77. The van der Waals surface area contributed by atoms with Crippen LogP contribution in [0.5, 0.6) is 0 Å². The van der Waals surface area contributed by atoms with Crippen molar-refractivity contribution in [2.24, 2.45) is 23.7 Å². The van der Waals surface area contributed by atoms with E-state index in [2.05, 4.69) is 26.0 Å². The number of fused-ring (bicyclic) bond motifs is 2. The third-order valence-electron chi connectivity index (χ3n) is 7.95. The van der Waals surface area contributed by atoms with E-state index in [0.29, 0.717) is 36.9 Å². The highest BCUT2D eigenvalue weighted by Gasteiger charge is 2.69. The highest BCUT2D eigenvalue weighted by atomic mass is 17.3. The van der Waals surface area contributed by atoms with Crippen LogP contribution in [0.25, 0.3) is 0 Å². The SMILES string of the molecule is C[C@H]1[C@@H](CCOCc2ccccc2)O[C@@H]2OC3(C)CC[C@H]4[C@H](C)CC[C@@H]1[C@@]24OO3. The first kappa shape index (κ1) is 20.0. The van der Waals surface area contributed by atoms with Gasteiger partial charge >= 0.3 is 0 Å². The largest absolute Gasteiger partial charge is 0.377 e. The molecular weight excluding hydrogens is 368 g/mol. The summed E-state index contributed by atoms with van der Waals surface area (Å²) >= 11 is 0. The fourth-order valence-electron chi connectivity index (χ4n) is 6.27. The van der Waals surface area contributed by atoms with Crippen LogP contribution in [-0.2, 0) is 30.6 Å². The second kappa shape index (κ2) is 7.61. The average molecular weight is 403 g/mol. The number of benzene rings is 1. The summed E-state index contributed by atoms with van der Waals surface area (Å²) in [4.78, 5) is 12.1. The Bertz CT molecular complexity index is 710. The van der Waals surface area contributed by atoms with Crippen LogP contribution in [0.3, 0.4) is 0 Å². The smallest absolute Gasteiger partial charge is 0.201 e. The van der Waals surface area contributed by atoms with Gasteiger partial charge in [-0.05, 0) is 55.9 Å². The maximum absolute atomic E-state index is 6.60. The van der Waals surface area contributed by atoms with Gasteiger partial charge in [0.15, 0.2) is 11.9 Å². The van der Waals surface area contributed by atoms with Gasteiger partial charge in [-0.3, -0.25) is 0 Å². The zero-order chi connectivity index (χ0) is 20.1. The van der Waals surface area contributed by atoms with Crippen LogP contribution >= 0.6 is 0 Å². The second-order valence-electron chi connectivity index (χ2n) is 9.77. The van der Waals surface area contributed by atoms with E-state index in [1.165, 1.54) is 12.0 Å². The van der Waals surface area contributed by atoms with E-state index in [9.17, 15) is 0 Å². The predicted octanol–water partition coefficient (Wildman–Crippen LogP) is 4.84. The quantitative estimate of drug-likeness (QED) is 0.521. The van der Waals surface area contributed by atoms with Gasteiger partial charge in [0, 0.05) is 18.9 Å². The number of hydrogen-bond donors (Lipinski definition) is 0. The van der Waals surface area contributed by atoms with Crippen LogP contribution in [0, 0.1) is 23.7 Å². The van der Waals surface area contributed by atoms with E-state index in [1.807, 2.05) is 25.1 Å². The molecule has 5 aliphatic rings. The molecule has 0 amide bonds. The molecule has 4 heterocycles. The summed E-state index contributed by atoms with van der Waals surface area (Å²) in [6, 6.07) is 10.3. The van der Waals surface area contributed by atoms with Crippen molar-refractivity contribution in [3.63, 3.8) is 0 Å². The summed E-state index contributed by atoms with van der Waals surface area (Å²) < 4.78 is 19.0. The Morgan fingerprint density at radius 3 is 2.69 bits per heavy atom. The zero-order valence-corrected chi connectivity index (χ0v) is 17.8. The molecule has 6 rings (SSSR count). The Kier molecular flexibility index (Phi) is 5.24. The van der Waals surface area contributed by atoms with E-state index in [-0.39, 0.29) is 12.4 Å². The topological polar surface area (TPSA) is 46.2 Å².